The molecule has 0 saturated carbocycles. The molecule has 2 aromatic carbocycles. The lowest BCUT2D eigenvalue weighted by Crippen LogP contribution is -2.23. The van der Waals surface area contributed by atoms with E-state index >= 15 is 4.39 Å². The Hall–Kier alpha value is -2.62. The lowest BCUT2D eigenvalue weighted by molar-refractivity contribution is 0.499. The third kappa shape index (κ3) is 3.82. The highest BCUT2D eigenvalue weighted by molar-refractivity contribution is 5.62. The van der Waals surface area contributed by atoms with Crippen molar-refractivity contribution >= 4 is 5.69 Å². The Morgan fingerprint density at radius 3 is 2.50 bits per heavy atom. The normalized spacial score (nSPS) is 11.9. The molecule has 3 nitrogen and oxygen atoms in total. The molecule has 0 aliphatic rings. The summed E-state index contributed by atoms with van der Waals surface area (Å²) in [6.45, 7) is 10.7. The third-order valence-electron chi connectivity index (χ3n) is 5.54. The van der Waals surface area contributed by atoms with Gasteiger partial charge in [-0.3, -0.25) is 5.10 Å². The van der Waals surface area contributed by atoms with Gasteiger partial charge in [0.15, 0.2) is 0 Å². The second-order valence-electron chi connectivity index (χ2n) is 8.47. The number of aromatic nitrogens is 2. The van der Waals surface area contributed by atoms with Gasteiger partial charge in [0.25, 0.3) is 0 Å². The number of benzene rings is 2. The van der Waals surface area contributed by atoms with Crippen molar-refractivity contribution in [1.29, 1.82) is 0 Å². The summed E-state index contributed by atoms with van der Waals surface area (Å²) >= 11 is 0. The maximum absolute atomic E-state index is 15.3. The highest BCUT2D eigenvalue weighted by Gasteiger charge is 2.26. The molecule has 0 fully saturated rings. The van der Waals surface area contributed by atoms with E-state index in [0.29, 0.717) is 12.1 Å². The Morgan fingerprint density at radius 2 is 1.89 bits per heavy atom. The molecule has 0 spiro atoms. The summed E-state index contributed by atoms with van der Waals surface area (Å²) in [4.78, 5) is 0. The molecule has 148 valence electrons. The Balaban J connectivity index is 2.00. The topological polar surface area (TPSA) is 40.7 Å². The van der Waals surface area contributed by atoms with Crippen LogP contribution < -0.4 is 5.32 Å². The van der Waals surface area contributed by atoms with E-state index < -0.39 is 0 Å². The van der Waals surface area contributed by atoms with Gasteiger partial charge in [-0.15, -0.1) is 0 Å². The highest BCUT2D eigenvalue weighted by Crippen LogP contribution is 2.36. The summed E-state index contributed by atoms with van der Waals surface area (Å²) in [6.07, 6.45) is 2.38. The van der Waals surface area contributed by atoms with Gasteiger partial charge in [0.1, 0.15) is 5.82 Å². The zero-order chi connectivity index (χ0) is 20.5. The van der Waals surface area contributed by atoms with Crippen LogP contribution in [0.5, 0.6) is 0 Å². The maximum atomic E-state index is 15.3. The molecule has 0 aliphatic heterocycles. The number of anilines is 1. The van der Waals surface area contributed by atoms with Crippen LogP contribution in [-0.2, 0) is 11.8 Å². The minimum atomic E-state index is -0.217. The summed E-state index contributed by atoms with van der Waals surface area (Å²) in [7, 11) is 1.79. The van der Waals surface area contributed by atoms with Gasteiger partial charge in [-0.25, -0.2) is 4.39 Å². The predicted molar refractivity (Wildman–Crippen MR) is 116 cm³/mol. The summed E-state index contributed by atoms with van der Waals surface area (Å²) in [5.41, 5.74) is 6.67. The number of hydrogen-bond donors (Lipinski definition) is 2. The van der Waals surface area contributed by atoms with Crippen LogP contribution in [0.15, 0.2) is 42.6 Å². The first-order valence-electron chi connectivity index (χ1n) is 9.84. The molecule has 0 radical (unpaired) electrons. The molecule has 0 aliphatic carbocycles. The van der Waals surface area contributed by atoms with Crippen LogP contribution in [0.2, 0.25) is 0 Å². The number of aromatic amines is 1. The Morgan fingerprint density at radius 1 is 1.14 bits per heavy atom. The van der Waals surface area contributed by atoms with Crippen molar-refractivity contribution in [1.82, 2.24) is 10.2 Å². The molecule has 4 heteroatoms. The second-order valence-corrected chi connectivity index (χ2v) is 8.47. The fraction of sp³-hybridized carbons (Fsp3) is 0.375. The van der Waals surface area contributed by atoms with Crippen LogP contribution in [0.3, 0.4) is 0 Å². The molecule has 0 amide bonds. The quantitative estimate of drug-likeness (QED) is 0.534. The molecule has 0 atom stereocenters. The molecular formula is C24H30FN3. The molecule has 1 heterocycles. The smallest absolute Gasteiger partial charge is 0.149 e. The molecule has 3 rings (SSSR count). The number of nitrogens with zero attached hydrogens (tertiary/aromatic N) is 1. The first kappa shape index (κ1) is 20.1. The van der Waals surface area contributed by atoms with Crippen molar-refractivity contribution in [3.05, 3.63) is 70.7 Å². The van der Waals surface area contributed by atoms with Gasteiger partial charge in [0.05, 0.1) is 11.4 Å². The van der Waals surface area contributed by atoms with Gasteiger partial charge in [0, 0.05) is 13.2 Å². The maximum Gasteiger partial charge on any atom is 0.149 e. The van der Waals surface area contributed by atoms with Gasteiger partial charge in [-0.05, 0) is 64.6 Å². The summed E-state index contributed by atoms with van der Waals surface area (Å²) < 4.78 is 15.3. The molecular weight excluding hydrogens is 349 g/mol. The SMILES string of the molecule is CNc1c(C(C)C)ccc(CC(C)(C)c2cc(-c3ccn[nH]3)ccc2C)c1F. The standard InChI is InChI=1S/C24H30FN3/c1-15(2)19-10-9-18(22(25)23(19)26-6)14-24(4,5)20-13-17(8-7-16(20)3)21-11-12-27-28-21/h7-13,15,26H,14H2,1-6H3,(H,27,28). The highest BCUT2D eigenvalue weighted by atomic mass is 19.1. The van der Waals surface area contributed by atoms with Crippen molar-refractivity contribution < 1.29 is 4.39 Å². The van der Waals surface area contributed by atoms with E-state index in [1.807, 2.05) is 12.1 Å². The van der Waals surface area contributed by atoms with Crippen molar-refractivity contribution in [2.75, 3.05) is 12.4 Å². The largest absolute Gasteiger partial charge is 0.386 e. The fourth-order valence-corrected chi connectivity index (χ4v) is 4.01. The number of H-pyrrole nitrogens is 1. The Bertz CT molecular complexity index is 956. The number of hydrogen-bond acceptors (Lipinski definition) is 2. The minimum Gasteiger partial charge on any atom is -0.386 e. The van der Waals surface area contributed by atoms with Crippen molar-refractivity contribution in [3.63, 3.8) is 0 Å². The zero-order valence-corrected chi connectivity index (χ0v) is 17.7. The molecule has 2 N–H and O–H groups in total. The third-order valence-corrected chi connectivity index (χ3v) is 5.54. The molecule has 3 aromatic rings. The van der Waals surface area contributed by atoms with E-state index in [9.17, 15) is 0 Å². The fourth-order valence-electron chi connectivity index (χ4n) is 4.01. The van der Waals surface area contributed by atoms with Gasteiger partial charge in [-0.1, -0.05) is 52.0 Å². The van der Waals surface area contributed by atoms with Crippen LogP contribution in [0.1, 0.15) is 55.9 Å². The average molecular weight is 380 g/mol. The Labute approximate surface area is 167 Å². The summed E-state index contributed by atoms with van der Waals surface area (Å²) in [5.74, 6) is 0.136. The average Bonchev–Trinajstić information content (AvgIpc) is 3.17. The molecule has 0 bridgehead atoms. The zero-order valence-electron chi connectivity index (χ0n) is 17.7. The first-order valence-corrected chi connectivity index (χ1v) is 9.84. The number of rotatable bonds is 6. The van der Waals surface area contributed by atoms with Crippen LogP contribution in [-0.4, -0.2) is 17.2 Å². The van der Waals surface area contributed by atoms with E-state index in [4.69, 9.17) is 0 Å². The van der Waals surface area contributed by atoms with E-state index in [2.05, 4.69) is 74.4 Å². The van der Waals surface area contributed by atoms with Gasteiger partial charge in [-0.2, -0.15) is 5.10 Å². The lowest BCUT2D eigenvalue weighted by Gasteiger charge is -2.29. The summed E-state index contributed by atoms with van der Waals surface area (Å²) in [5, 5.41) is 10.1. The van der Waals surface area contributed by atoms with Crippen LogP contribution in [0.25, 0.3) is 11.3 Å². The van der Waals surface area contributed by atoms with Crippen molar-refractivity contribution in [2.24, 2.45) is 0 Å². The molecule has 0 unspecified atom stereocenters. The van der Waals surface area contributed by atoms with Gasteiger partial charge in [0.2, 0.25) is 0 Å². The number of nitrogens with one attached hydrogen (secondary N) is 2. The predicted octanol–water partition coefficient (Wildman–Crippen LogP) is 6.21. The monoisotopic (exact) mass is 379 g/mol. The van der Waals surface area contributed by atoms with Crippen LogP contribution >= 0.6 is 0 Å². The molecule has 1 aromatic heterocycles. The first-order chi connectivity index (χ1) is 13.2. The second kappa shape index (κ2) is 7.78. The van der Waals surface area contributed by atoms with Gasteiger partial charge >= 0.3 is 0 Å². The van der Waals surface area contributed by atoms with Gasteiger partial charge < -0.3 is 5.32 Å². The van der Waals surface area contributed by atoms with E-state index in [1.165, 1.54) is 11.1 Å². The van der Waals surface area contributed by atoms with E-state index in [0.717, 1.165) is 22.4 Å². The van der Waals surface area contributed by atoms with Crippen molar-refractivity contribution in [2.45, 2.75) is 52.4 Å². The summed E-state index contributed by atoms with van der Waals surface area (Å²) in [6, 6.07) is 12.4. The number of halogens is 1. The lowest BCUT2D eigenvalue weighted by atomic mass is 9.76. The van der Waals surface area contributed by atoms with Crippen molar-refractivity contribution in [3.8, 4) is 11.3 Å². The van der Waals surface area contributed by atoms with E-state index in [-0.39, 0.29) is 17.2 Å². The number of aryl methyl sites for hydroxylation is 1. The van der Waals surface area contributed by atoms with Crippen LogP contribution in [0, 0.1) is 12.7 Å². The molecule has 0 saturated heterocycles. The van der Waals surface area contributed by atoms with E-state index in [1.54, 1.807) is 13.2 Å². The molecule has 28 heavy (non-hydrogen) atoms. The Kier molecular flexibility index (Phi) is 5.59. The minimum absolute atomic E-state index is 0.135. The van der Waals surface area contributed by atoms with Crippen LogP contribution in [0.4, 0.5) is 10.1 Å².